The molecule has 4 aliphatic heterocycles. The quantitative estimate of drug-likeness (QED) is 0.165. The predicted octanol–water partition coefficient (Wildman–Crippen LogP) is 10.1. The van der Waals surface area contributed by atoms with E-state index in [-0.39, 0.29) is 13.4 Å². The Balaban J connectivity index is 1.10. The van der Waals surface area contributed by atoms with Crippen molar-refractivity contribution in [3.8, 4) is 34.4 Å². The van der Waals surface area contributed by atoms with Gasteiger partial charge in [0.25, 0.3) is 0 Å². The minimum atomic E-state index is 0.0324. The standard InChI is InChI=1S/C54H30B2N2O2S2/c1-3-15-31(16-4-1)59-43-29-47-51-53-49(43)33-19-7-11-23-39(33)57(53)41-28-42-38(27-37(41)55(51)35-21-9-13-25-45(35)61-47)56-36-22-10-14-26-46(36)62-48-30-44(60-32-17-5-2-6-18-32)50-34-20-8-12-24-40(34)58(42)54(50)52(48)56/h1-30H. The van der Waals surface area contributed by atoms with Gasteiger partial charge in [-0.25, -0.2) is 0 Å². The summed E-state index contributed by atoms with van der Waals surface area (Å²) >= 11 is 3.74. The Morgan fingerprint density at radius 2 is 0.790 bits per heavy atom. The van der Waals surface area contributed by atoms with Crippen molar-refractivity contribution in [2.75, 3.05) is 0 Å². The topological polar surface area (TPSA) is 28.3 Å². The molecule has 0 aliphatic carbocycles. The van der Waals surface area contributed by atoms with Crippen LogP contribution in [0.15, 0.2) is 202 Å². The van der Waals surface area contributed by atoms with Gasteiger partial charge < -0.3 is 18.6 Å². The molecule has 0 bridgehead atoms. The second kappa shape index (κ2) is 12.3. The van der Waals surface area contributed by atoms with E-state index in [2.05, 4.69) is 130 Å². The number of nitrogens with zero attached hydrogens (tertiary/aromatic N) is 2. The lowest BCUT2D eigenvalue weighted by atomic mass is 9.32. The molecule has 0 fully saturated rings. The number of fused-ring (bicyclic) bond motifs is 16. The number of rotatable bonds is 4. The zero-order chi connectivity index (χ0) is 40.2. The molecule has 15 rings (SSSR count). The molecule has 62 heavy (non-hydrogen) atoms. The lowest BCUT2D eigenvalue weighted by Gasteiger charge is -2.37. The molecule has 0 saturated heterocycles. The molecule has 0 amide bonds. The molecule has 0 saturated carbocycles. The first-order chi connectivity index (χ1) is 30.8. The van der Waals surface area contributed by atoms with E-state index in [1.807, 2.05) is 84.2 Å². The van der Waals surface area contributed by atoms with E-state index in [0.29, 0.717) is 0 Å². The van der Waals surface area contributed by atoms with Crippen molar-refractivity contribution < 1.29 is 9.47 Å². The summed E-state index contributed by atoms with van der Waals surface area (Å²) < 4.78 is 18.9. The third-order valence-electron chi connectivity index (χ3n) is 13.5. The summed E-state index contributed by atoms with van der Waals surface area (Å²) in [5, 5.41) is 4.69. The van der Waals surface area contributed by atoms with E-state index >= 15 is 0 Å². The SMILES string of the molecule is c1ccc(Oc2cc3c4c5c2c2ccccc2n5-c2cc5c(cc2B4c2ccccc2S3)B2c3ccccc3Sc3cc(Oc4ccccc4)c4c6ccccc6n-5c4c32)cc1. The van der Waals surface area contributed by atoms with Gasteiger partial charge in [-0.2, -0.15) is 0 Å². The van der Waals surface area contributed by atoms with Crippen molar-refractivity contribution >= 4 is 113 Å². The first-order valence-corrected chi connectivity index (χ1v) is 22.8. The molecule has 2 aromatic heterocycles. The van der Waals surface area contributed by atoms with Crippen LogP contribution in [0.5, 0.6) is 23.0 Å². The summed E-state index contributed by atoms with van der Waals surface area (Å²) in [5.41, 5.74) is 15.3. The number of aromatic nitrogens is 2. The van der Waals surface area contributed by atoms with Gasteiger partial charge >= 0.3 is 0 Å². The number of hydrogen-bond donors (Lipinski definition) is 0. The molecular formula is C54H30B2N2O2S2. The van der Waals surface area contributed by atoms with E-state index in [1.54, 1.807) is 0 Å². The first-order valence-electron chi connectivity index (χ1n) is 21.1. The summed E-state index contributed by atoms with van der Waals surface area (Å²) in [7, 11) is 0. The van der Waals surface area contributed by atoms with Gasteiger partial charge in [0.2, 0.25) is 13.4 Å². The van der Waals surface area contributed by atoms with Crippen LogP contribution in [-0.2, 0) is 0 Å². The third kappa shape index (κ3) is 4.38. The molecule has 8 heteroatoms. The number of hydrogen-bond acceptors (Lipinski definition) is 4. The van der Waals surface area contributed by atoms with Crippen molar-refractivity contribution in [2.45, 2.75) is 19.6 Å². The molecule has 0 radical (unpaired) electrons. The maximum absolute atomic E-state index is 6.91. The smallest absolute Gasteiger partial charge is 0.249 e. The number of para-hydroxylation sites is 4. The monoisotopic (exact) mass is 824 g/mol. The van der Waals surface area contributed by atoms with Crippen LogP contribution in [0, 0.1) is 0 Å². The van der Waals surface area contributed by atoms with E-state index in [1.165, 1.54) is 96.6 Å². The van der Waals surface area contributed by atoms with Gasteiger partial charge in [0.1, 0.15) is 23.0 Å². The summed E-state index contributed by atoms with van der Waals surface area (Å²) in [4.78, 5) is 5.07. The molecule has 4 aliphatic rings. The Bertz CT molecular complexity index is 3540. The normalized spacial score (nSPS) is 13.6. The summed E-state index contributed by atoms with van der Waals surface area (Å²) in [6.07, 6.45) is 0. The molecule has 11 aromatic rings. The summed E-state index contributed by atoms with van der Waals surface area (Å²) in [5.74, 6) is 3.43. The second-order valence-electron chi connectivity index (χ2n) is 16.7. The fourth-order valence-corrected chi connectivity index (χ4v) is 13.5. The van der Waals surface area contributed by atoms with Crippen molar-refractivity contribution in [1.29, 1.82) is 0 Å². The van der Waals surface area contributed by atoms with E-state index in [4.69, 9.17) is 9.47 Å². The molecule has 0 spiro atoms. The molecule has 286 valence electrons. The van der Waals surface area contributed by atoms with Gasteiger partial charge in [-0.05, 0) is 88.6 Å². The number of ether oxygens (including phenoxy) is 2. The van der Waals surface area contributed by atoms with Gasteiger partial charge in [-0.3, -0.25) is 0 Å². The maximum atomic E-state index is 6.91. The Labute approximate surface area is 365 Å². The van der Waals surface area contributed by atoms with Gasteiger partial charge in [-0.15, -0.1) is 0 Å². The summed E-state index contributed by atoms with van der Waals surface area (Å²) in [6, 6.07) is 66.1. The Morgan fingerprint density at radius 1 is 0.371 bits per heavy atom. The minimum Gasteiger partial charge on any atom is -0.457 e. The van der Waals surface area contributed by atoms with Crippen molar-refractivity contribution in [2.24, 2.45) is 0 Å². The van der Waals surface area contributed by atoms with Gasteiger partial charge in [0, 0.05) is 41.7 Å². The zero-order valence-corrected chi connectivity index (χ0v) is 34.6. The van der Waals surface area contributed by atoms with Gasteiger partial charge in [0.05, 0.1) is 32.8 Å². The lowest BCUT2D eigenvalue weighted by molar-refractivity contribution is 0.487. The first kappa shape index (κ1) is 33.7. The van der Waals surface area contributed by atoms with Crippen LogP contribution in [0.1, 0.15) is 0 Å². The lowest BCUT2D eigenvalue weighted by Crippen LogP contribution is -2.63. The summed E-state index contributed by atoms with van der Waals surface area (Å²) in [6.45, 7) is 0.0648. The van der Waals surface area contributed by atoms with Crippen LogP contribution >= 0.6 is 23.5 Å². The predicted molar refractivity (Wildman–Crippen MR) is 259 cm³/mol. The largest absolute Gasteiger partial charge is 0.457 e. The van der Waals surface area contributed by atoms with Crippen LogP contribution in [0.25, 0.3) is 55.0 Å². The van der Waals surface area contributed by atoms with Crippen molar-refractivity contribution in [3.63, 3.8) is 0 Å². The fraction of sp³-hybridized carbons (Fsp3) is 0. The van der Waals surface area contributed by atoms with Crippen LogP contribution in [0.3, 0.4) is 0 Å². The van der Waals surface area contributed by atoms with E-state index in [9.17, 15) is 0 Å². The highest BCUT2D eigenvalue weighted by Crippen LogP contribution is 2.48. The average Bonchev–Trinajstić information content (AvgIpc) is 3.86. The Morgan fingerprint density at radius 3 is 1.27 bits per heavy atom. The molecule has 0 N–H and O–H groups in total. The molecule has 0 unspecified atom stereocenters. The highest BCUT2D eigenvalue weighted by Gasteiger charge is 2.45. The molecule has 0 atom stereocenters. The molecule has 6 heterocycles. The molecule has 4 nitrogen and oxygen atoms in total. The average molecular weight is 825 g/mol. The van der Waals surface area contributed by atoms with E-state index < -0.39 is 0 Å². The van der Waals surface area contributed by atoms with Gasteiger partial charge in [0.15, 0.2) is 0 Å². The fourth-order valence-electron chi connectivity index (χ4n) is 11.2. The highest BCUT2D eigenvalue weighted by atomic mass is 32.2. The van der Waals surface area contributed by atoms with Crippen LogP contribution < -0.4 is 42.3 Å². The third-order valence-corrected chi connectivity index (χ3v) is 15.8. The van der Waals surface area contributed by atoms with E-state index in [0.717, 1.165) is 33.8 Å². The maximum Gasteiger partial charge on any atom is 0.249 e. The zero-order valence-electron chi connectivity index (χ0n) is 33.0. The molecular weight excluding hydrogens is 794 g/mol. The Kier molecular flexibility index (Phi) is 6.69. The Hall–Kier alpha value is -6.99. The van der Waals surface area contributed by atoms with Crippen molar-refractivity contribution in [3.05, 3.63) is 182 Å². The van der Waals surface area contributed by atoms with Crippen molar-refractivity contribution in [1.82, 2.24) is 9.13 Å². The number of benzene rings is 9. The highest BCUT2D eigenvalue weighted by molar-refractivity contribution is 8.00. The van der Waals surface area contributed by atoms with Crippen LogP contribution in [0.4, 0.5) is 0 Å². The second-order valence-corrected chi connectivity index (χ2v) is 18.8. The van der Waals surface area contributed by atoms with Crippen LogP contribution in [0.2, 0.25) is 0 Å². The minimum absolute atomic E-state index is 0.0324. The molecule has 9 aromatic carbocycles. The van der Waals surface area contributed by atoms with Crippen LogP contribution in [-0.4, -0.2) is 22.6 Å². The van der Waals surface area contributed by atoms with Gasteiger partial charge in [-0.1, -0.05) is 150 Å².